The van der Waals surface area contributed by atoms with E-state index in [2.05, 4.69) is 9.47 Å². The van der Waals surface area contributed by atoms with Crippen LogP contribution >= 0.6 is 0 Å². The summed E-state index contributed by atoms with van der Waals surface area (Å²) in [6.07, 6.45) is -4.91. The summed E-state index contributed by atoms with van der Waals surface area (Å²) in [6.45, 7) is 0. The molecule has 0 fully saturated rings. The maximum absolute atomic E-state index is 11.9. The Morgan fingerprint density at radius 2 is 2.06 bits per heavy atom. The lowest BCUT2D eigenvalue weighted by Gasteiger charge is -2.11. The molecule has 0 amide bonds. The minimum Gasteiger partial charge on any atom is -0.496 e. The first kappa shape index (κ1) is 12.1. The number of hydrogen-bond donors (Lipinski definition) is 1. The molecule has 5 nitrogen and oxygen atoms in total. The maximum Gasteiger partial charge on any atom is 0.574 e. The first-order valence-corrected chi connectivity index (χ1v) is 3.89. The van der Waals surface area contributed by atoms with Crippen molar-refractivity contribution >= 4 is 6.29 Å². The number of rotatable bonds is 3. The van der Waals surface area contributed by atoms with E-state index in [1.54, 1.807) is 4.98 Å². The van der Waals surface area contributed by atoms with E-state index < -0.39 is 23.4 Å². The first-order valence-electron chi connectivity index (χ1n) is 3.89. The van der Waals surface area contributed by atoms with Gasteiger partial charge in [0.05, 0.1) is 7.11 Å². The molecule has 1 heterocycles. The van der Waals surface area contributed by atoms with Crippen molar-refractivity contribution in [1.29, 1.82) is 0 Å². The van der Waals surface area contributed by atoms with Crippen LogP contribution in [0.25, 0.3) is 0 Å². The van der Waals surface area contributed by atoms with Crippen molar-refractivity contribution in [2.45, 2.75) is 6.36 Å². The van der Waals surface area contributed by atoms with Crippen LogP contribution in [0.2, 0.25) is 0 Å². The molecule has 1 N–H and O–H groups in total. The fourth-order valence-corrected chi connectivity index (χ4v) is 1.00. The van der Waals surface area contributed by atoms with Crippen LogP contribution in [0.15, 0.2) is 10.9 Å². The maximum atomic E-state index is 11.9. The molecule has 16 heavy (non-hydrogen) atoms. The molecule has 0 aromatic carbocycles. The van der Waals surface area contributed by atoms with Crippen LogP contribution in [0, 0.1) is 0 Å². The zero-order chi connectivity index (χ0) is 12.3. The standard InChI is InChI=1S/C8H6F3NO4/c1-15-5-2-6(14)12-7(4(5)3-13)16-8(9,10)11/h2-3H,1H3,(H,12,14). The van der Waals surface area contributed by atoms with E-state index in [9.17, 15) is 22.8 Å². The van der Waals surface area contributed by atoms with Crippen LogP contribution in [0.4, 0.5) is 13.2 Å². The normalized spacial score (nSPS) is 11.0. The van der Waals surface area contributed by atoms with Crippen molar-refractivity contribution in [2.75, 3.05) is 7.11 Å². The molecule has 0 aliphatic carbocycles. The number of ether oxygens (including phenoxy) is 2. The van der Waals surface area contributed by atoms with Gasteiger partial charge in [-0.05, 0) is 0 Å². The molecule has 1 aromatic rings. The Kier molecular flexibility index (Phi) is 3.21. The van der Waals surface area contributed by atoms with E-state index in [0.717, 1.165) is 13.2 Å². The third-order valence-corrected chi connectivity index (χ3v) is 1.56. The Bertz CT molecular complexity index is 452. The Balaban J connectivity index is 3.31. The molecule has 0 saturated heterocycles. The molecule has 0 unspecified atom stereocenters. The smallest absolute Gasteiger partial charge is 0.496 e. The van der Waals surface area contributed by atoms with Crippen molar-refractivity contribution in [1.82, 2.24) is 4.98 Å². The van der Waals surface area contributed by atoms with Crippen LogP contribution in [-0.2, 0) is 0 Å². The van der Waals surface area contributed by atoms with Crippen molar-refractivity contribution < 1.29 is 27.4 Å². The zero-order valence-electron chi connectivity index (χ0n) is 7.92. The van der Waals surface area contributed by atoms with E-state index >= 15 is 0 Å². The van der Waals surface area contributed by atoms with Gasteiger partial charge in [-0.3, -0.25) is 14.6 Å². The van der Waals surface area contributed by atoms with E-state index in [1.807, 2.05) is 0 Å². The molecule has 0 atom stereocenters. The van der Waals surface area contributed by atoms with Gasteiger partial charge in [0.1, 0.15) is 11.3 Å². The highest BCUT2D eigenvalue weighted by molar-refractivity contribution is 5.82. The van der Waals surface area contributed by atoms with Gasteiger partial charge >= 0.3 is 6.36 Å². The monoisotopic (exact) mass is 237 g/mol. The van der Waals surface area contributed by atoms with Gasteiger partial charge in [0.25, 0.3) is 5.56 Å². The molecule has 0 bridgehead atoms. The second-order valence-electron chi connectivity index (χ2n) is 2.61. The van der Waals surface area contributed by atoms with Gasteiger partial charge in [0.2, 0.25) is 5.88 Å². The number of alkyl halides is 3. The Morgan fingerprint density at radius 1 is 1.44 bits per heavy atom. The second kappa shape index (κ2) is 4.25. The molecule has 8 heteroatoms. The SMILES string of the molecule is COc1cc(=O)[nH]c(OC(F)(F)F)c1C=O. The van der Waals surface area contributed by atoms with Gasteiger partial charge in [-0.2, -0.15) is 0 Å². The van der Waals surface area contributed by atoms with Crippen molar-refractivity contribution in [2.24, 2.45) is 0 Å². The minimum atomic E-state index is -5.01. The van der Waals surface area contributed by atoms with Crippen LogP contribution in [0.3, 0.4) is 0 Å². The van der Waals surface area contributed by atoms with Gasteiger partial charge in [-0.1, -0.05) is 0 Å². The van der Waals surface area contributed by atoms with Crippen molar-refractivity contribution in [3.8, 4) is 11.6 Å². The molecule has 0 spiro atoms. The van der Waals surface area contributed by atoms with Gasteiger partial charge in [-0.15, -0.1) is 13.2 Å². The highest BCUT2D eigenvalue weighted by Gasteiger charge is 2.33. The number of pyridine rings is 1. The molecule has 1 rings (SSSR count). The summed E-state index contributed by atoms with van der Waals surface area (Å²) in [7, 11) is 1.11. The summed E-state index contributed by atoms with van der Waals surface area (Å²) < 4.78 is 43.8. The number of carbonyl (C=O) groups excluding carboxylic acids is 1. The number of methoxy groups -OCH3 is 1. The van der Waals surface area contributed by atoms with Crippen LogP contribution in [-0.4, -0.2) is 24.7 Å². The molecular formula is C8H6F3NO4. The molecule has 0 radical (unpaired) electrons. The number of aldehydes is 1. The van der Waals surface area contributed by atoms with E-state index in [0.29, 0.717) is 0 Å². The van der Waals surface area contributed by atoms with Crippen LogP contribution in [0.1, 0.15) is 10.4 Å². The van der Waals surface area contributed by atoms with Crippen LogP contribution in [0.5, 0.6) is 11.6 Å². The molecule has 88 valence electrons. The van der Waals surface area contributed by atoms with E-state index in [4.69, 9.17) is 0 Å². The van der Waals surface area contributed by atoms with E-state index in [-0.39, 0.29) is 12.0 Å². The lowest BCUT2D eigenvalue weighted by Crippen LogP contribution is -2.21. The number of aromatic nitrogens is 1. The Hall–Kier alpha value is -1.99. The fraction of sp³-hybridized carbons (Fsp3) is 0.250. The van der Waals surface area contributed by atoms with Gasteiger partial charge < -0.3 is 9.47 Å². The topological polar surface area (TPSA) is 68.4 Å². The molecular weight excluding hydrogens is 231 g/mol. The van der Waals surface area contributed by atoms with Gasteiger partial charge in [-0.25, -0.2) is 0 Å². The third-order valence-electron chi connectivity index (χ3n) is 1.56. The lowest BCUT2D eigenvalue weighted by atomic mass is 10.2. The van der Waals surface area contributed by atoms with Crippen molar-refractivity contribution in [3.63, 3.8) is 0 Å². The van der Waals surface area contributed by atoms with Crippen molar-refractivity contribution in [3.05, 3.63) is 22.0 Å². The lowest BCUT2D eigenvalue weighted by molar-refractivity contribution is -0.276. The number of H-pyrrole nitrogens is 1. The summed E-state index contributed by atoms with van der Waals surface area (Å²) in [5.41, 5.74) is -1.39. The zero-order valence-corrected chi connectivity index (χ0v) is 7.92. The molecule has 1 aromatic heterocycles. The number of hydrogen-bond acceptors (Lipinski definition) is 4. The summed E-state index contributed by atoms with van der Waals surface area (Å²) in [5.74, 6) is -1.29. The molecule has 0 saturated carbocycles. The van der Waals surface area contributed by atoms with Gasteiger partial charge in [0.15, 0.2) is 6.29 Å². The summed E-state index contributed by atoms with van der Waals surface area (Å²) in [5, 5.41) is 0. The van der Waals surface area contributed by atoms with E-state index in [1.165, 1.54) is 0 Å². The molecule has 0 aliphatic rings. The summed E-state index contributed by atoms with van der Waals surface area (Å²) in [4.78, 5) is 23.2. The number of aromatic amines is 1. The third kappa shape index (κ3) is 2.75. The number of nitrogens with one attached hydrogen (secondary N) is 1. The predicted octanol–water partition coefficient (Wildman–Crippen LogP) is 1.09. The average Bonchev–Trinajstić information content (AvgIpc) is 2.14. The molecule has 0 aliphatic heterocycles. The fourth-order valence-electron chi connectivity index (χ4n) is 1.00. The Labute approximate surface area is 86.8 Å². The largest absolute Gasteiger partial charge is 0.574 e. The van der Waals surface area contributed by atoms with Crippen LogP contribution < -0.4 is 15.0 Å². The number of carbonyl (C=O) groups is 1. The van der Waals surface area contributed by atoms with Gasteiger partial charge in [0, 0.05) is 6.07 Å². The highest BCUT2D eigenvalue weighted by Crippen LogP contribution is 2.27. The first-order chi connectivity index (χ1) is 7.37. The summed E-state index contributed by atoms with van der Waals surface area (Å²) in [6, 6.07) is 0.840. The second-order valence-corrected chi connectivity index (χ2v) is 2.61. The average molecular weight is 237 g/mol. The minimum absolute atomic E-state index is 0.0931. The quantitative estimate of drug-likeness (QED) is 0.799. The summed E-state index contributed by atoms with van der Waals surface area (Å²) >= 11 is 0. The predicted molar refractivity (Wildman–Crippen MR) is 45.7 cm³/mol. The Morgan fingerprint density at radius 3 is 2.50 bits per heavy atom. The number of halogens is 3. The highest BCUT2D eigenvalue weighted by atomic mass is 19.4.